The fourth-order valence-corrected chi connectivity index (χ4v) is 4.83. The molecule has 2 bridgehead atoms. The summed E-state index contributed by atoms with van der Waals surface area (Å²) in [6.07, 6.45) is 0.308. The first-order valence-electron chi connectivity index (χ1n) is 7.68. The summed E-state index contributed by atoms with van der Waals surface area (Å²) in [6.45, 7) is 3.64. The van der Waals surface area contributed by atoms with Gasteiger partial charge >= 0.3 is 0 Å². The van der Waals surface area contributed by atoms with Crippen LogP contribution >= 0.6 is 11.3 Å². The number of rotatable bonds is 3. The maximum Gasteiger partial charge on any atom is 0.214 e. The number of nitriles is 3. The Labute approximate surface area is 144 Å². The van der Waals surface area contributed by atoms with Gasteiger partial charge in [-0.15, -0.1) is 11.3 Å². The third kappa shape index (κ3) is 1.68. The number of hydrogen-bond acceptors (Lipinski definition) is 7. The molecule has 4 atom stereocenters. The monoisotopic (exact) mass is 340 g/mol. The van der Waals surface area contributed by atoms with Crippen LogP contribution in [0.3, 0.4) is 0 Å². The Kier molecular flexibility index (Phi) is 3.64. The van der Waals surface area contributed by atoms with Gasteiger partial charge in [0.25, 0.3) is 0 Å². The Bertz CT molecular complexity index is 786. The van der Waals surface area contributed by atoms with Crippen LogP contribution in [0.15, 0.2) is 17.5 Å². The molecule has 6 nitrogen and oxygen atoms in total. The van der Waals surface area contributed by atoms with E-state index in [1.807, 2.05) is 24.4 Å². The van der Waals surface area contributed by atoms with Crippen molar-refractivity contribution in [3.8, 4) is 18.2 Å². The van der Waals surface area contributed by atoms with Crippen LogP contribution in [0.2, 0.25) is 0 Å². The Balaban J connectivity index is 2.32. The minimum Gasteiger partial charge on any atom is -0.448 e. The molecule has 0 aliphatic carbocycles. The van der Waals surface area contributed by atoms with E-state index in [9.17, 15) is 15.8 Å². The zero-order valence-corrected chi connectivity index (χ0v) is 14.2. The highest BCUT2D eigenvalue weighted by molar-refractivity contribution is 7.10. The molecule has 0 spiro atoms. The molecule has 0 amide bonds. The lowest BCUT2D eigenvalue weighted by Gasteiger charge is -2.48. The van der Waals surface area contributed by atoms with Crippen LogP contribution in [0.5, 0.6) is 0 Å². The minimum atomic E-state index is -1.83. The molecule has 2 fully saturated rings. The summed E-state index contributed by atoms with van der Waals surface area (Å²) < 4.78 is 11.8. The van der Waals surface area contributed by atoms with Crippen molar-refractivity contribution in [2.75, 3.05) is 0 Å². The lowest BCUT2D eigenvalue weighted by atomic mass is 9.53. The second-order valence-electron chi connectivity index (χ2n) is 6.25. The number of hydrogen-bond donors (Lipinski definition) is 1. The summed E-state index contributed by atoms with van der Waals surface area (Å²) in [4.78, 5) is 0.678. The molecule has 0 saturated carbocycles. The molecule has 3 rings (SSSR count). The SMILES string of the molecule is CCCC1C2(C)OC(=N)C1(C#N)C(C#N)(C#N)C(c1cccs1)O2. The van der Waals surface area contributed by atoms with E-state index in [0.717, 1.165) is 6.42 Å². The fourth-order valence-electron chi connectivity index (χ4n) is 4.01. The Morgan fingerprint density at radius 1 is 1.29 bits per heavy atom. The molecule has 1 N–H and O–H groups in total. The normalized spacial score (nSPS) is 36.2. The quantitative estimate of drug-likeness (QED) is 0.904. The average molecular weight is 340 g/mol. The van der Waals surface area contributed by atoms with Crippen molar-refractivity contribution >= 4 is 17.2 Å². The van der Waals surface area contributed by atoms with Crippen molar-refractivity contribution in [2.45, 2.75) is 38.6 Å². The topological polar surface area (TPSA) is 114 Å². The van der Waals surface area contributed by atoms with Crippen molar-refractivity contribution in [3.05, 3.63) is 22.4 Å². The highest BCUT2D eigenvalue weighted by Gasteiger charge is 2.79. The molecule has 122 valence electrons. The van der Waals surface area contributed by atoms with E-state index in [-0.39, 0.29) is 5.90 Å². The fraction of sp³-hybridized carbons (Fsp3) is 0.529. The largest absolute Gasteiger partial charge is 0.448 e. The number of ether oxygens (including phenoxy) is 2. The van der Waals surface area contributed by atoms with Crippen LogP contribution in [0.4, 0.5) is 0 Å². The van der Waals surface area contributed by atoms with E-state index in [2.05, 4.69) is 6.07 Å². The number of nitrogens with zero attached hydrogens (tertiary/aromatic N) is 3. The highest BCUT2D eigenvalue weighted by Crippen LogP contribution is 2.67. The second kappa shape index (κ2) is 5.31. The van der Waals surface area contributed by atoms with Crippen LogP contribution < -0.4 is 0 Å². The van der Waals surface area contributed by atoms with Crippen molar-refractivity contribution in [1.82, 2.24) is 0 Å². The van der Waals surface area contributed by atoms with E-state index >= 15 is 0 Å². The number of fused-ring (bicyclic) bond motifs is 2. The molecular weight excluding hydrogens is 324 g/mol. The van der Waals surface area contributed by atoms with Gasteiger partial charge in [-0.1, -0.05) is 19.4 Å². The first-order chi connectivity index (χ1) is 11.5. The summed E-state index contributed by atoms with van der Waals surface area (Å²) in [6, 6.07) is 9.79. The van der Waals surface area contributed by atoms with Crippen LogP contribution in [0, 0.1) is 56.2 Å². The zero-order valence-electron chi connectivity index (χ0n) is 13.4. The molecule has 4 unspecified atom stereocenters. The highest BCUT2D eigenvalue weighted by atomic mass is 32.1. The molecule has 2 saturated heterocycles. The lowest BCUT2D eigenvalue weighted by Crippen LogP contribution is -2.58. The maximum absolute atomic E-state index is 10.0. The van der Waals surface area contributed by atoms with E-state index < -0.39 is 28.6 Å². The van der Waals surface area contributed by atoms with Gasteiger partial charge in [0.05, 0.1) is 24.1 Å². The summed E-state index contributed by atoms with van der Waals surface area (Å²) in [5.41, 5.74) is -3.48. The third-order valence-electron chi connectivity index (χ3n) is 5.09. The molecule has 24 heavy (non-hydrogen) atoms. The van der Waals surface area contributed by atoms with Gasteiger partial charge < -0.3 is 9.47 Å². The van der Waals surface area contributed by atoms with E-state index in [4.69, 9.17) is 14.9 Å². The standard InChI is InChI=1S/C17H16N4O2S/c1-3-5-12-15(2)22-13(11-6-4-7-24-11)16(8-18,9-19)17(12,10-20)14(21)23-15/h4,6-7,12-13,21H,3,5H2,1-2H3. The van der Waals surface area contributed by atoms with Gasteiger partial charge in [-0.05, 0) is 17.9 Å². The van der Waals surface area contributed by atoms with Crippen LogP contribution in [-0.4, -0.2) is 11.7 Å². The molecule has 2 aliphatic heterocycles. The van der Waals surface area contributed by atoms with Gasteiger partial charge in [0.2, 0.25) is 17.1 Å². The molecule has 1 aromatic heterocycles. The number of nitrogens with one attached hydrogen (secondary N) is 1. The van der Waals surface area contributed by atoms with Crippen LogP contribution in [0.1, 0.15) is 37.7 Å². The van der Waals surface area contributed by atoms with Crippen LogP contribution in [0.25, 0.3) is 0 Å². The Morgan fingerprint density at radius 2 is 2.00 bits per heavy atom. The number of thiophene rings is 1. The zero-order chi connectivity index (χ0) is 17.6. The molecule has 3 heterocycles. The average Bonchev–Trinajstić information content (AvgIpc) is 3.15. The molecule has 2 aliphatic rings. The van der Waals surface area contributed by atoms with Gasteiger partial charge in [-0.2, -0.15) is 15.8 Å². The van der Waals surface area contributed by atoms with Crippen LogP contribution in [-0.2, 0) is 9.47 Å². The Morgan fingerprint density at radius 3 is 2.50 bits per heavy atom. The first kappa shape index (κ1) is 16.5. The maximum atomic E-state index is 10.0. The molecule has 1 aromatic rings. The van der Waals surface area contributed by atoms with Crippen molar-refractivity contribution in [3.63, 3.8) is 0 Å². The first-order valence-corrected chi connectivity index (χ1v) is 8.56. The van der Waals surface area contributed by atoms with Gasteiger partial charge in [-0.25, -0.2) is 0 Å². The van der Waals surface area contributed by atoms with Gasteiger partial charge in [0.1, 0.15) is 6.10 Å². The molecule has 0 aromatic carbocycles. The summed E-state index contributed by atoms with van der Waals surface area (Å²) >= 11 is 1.36. The summed E-state index contributed by atoms with van der Waals surface area (Å²) in [7, 11) is 0. The van der Waals surface area contributed by atoms with E-state index in [1.54, 1.807) is 19.1 Å². The van der Waals surface area contributed by atoms with Gasteiger partial charge in [-0.3, -0.25) is 5.41 Å². The lowest BCUT2D eigenvalue weighted by molar-refractivity contribution is -0.273. The third-order valence-corrected chi connectivity index (χ3v) is 6.01. The van der Waals surface area contributed by atoms with Gasteiger partial charge in [0.15, 0.2) is 5.41 Å². The molecular formula is C17H16N4O2S. The summed E-state index contributed by atoms with van der Waals surface area (Å²) in [5.74, 6) is -2.09. The second-order valence-corrected chi connectivity index (χ2v) is 7.23. The molecule has 0 radical (unpaired) electrons. The summed E-state index contributed by atoms with van der Waals surface area (Å²) in [5, 5.41) is 40.1. The van der Waals surface area contributed by atoms with Crippen molar-refractivity contribution < 1.29 is 9.47 Å². The van der Waals surface area contributed by atoms with Crippen molar-refractivity contribution in [1.29, 1.82) is 21.2 Å². The van der Waals surface area contributed by atoms with Gasteiger partial charge in [0, 0.05) is 11.8 Å². The predicted molar refractivity (Wildman–Crippen MR) is 85.5 cm³/mol. The minimum absolute atomic E-state index is 0.340. The predicted octanol–water partition coefficient (Wildman–Crippen LogP) is 3.50. The smallest absolute Gasteiger partial charge is 0.214 e. The molecule has 7 heteroatoms. The van der Waals surface area contributed by atoms with Crippen molar-refractivity contribution in [2.24, 2.45) is 16.7 Å². The van der Waals surface area contributed by atoms with E-state index in [1.165, 1.54) is 11.3 Å². The van der Waals surface area contributed by atoms with E-state index in [0.29, 0.717) is 11.3 Å². The Hall–Kier alpha value is -2.40.